The van der Waals surface area contributed by atoms with Crippen molar-refractivity contribution < 1.29 is 14.6 Å². The molecule has 0 spiro atoms. The van der Waals surface area contributed by atoms with Crippen LogP contribution in [-0.2, 0) is 9.53 Å². The van der Waals surface area contributed by atoms with E-state index in [4.69, 9.17) is 16.3 Å². The van der Waals surface area contributed by atoms with Crippen molar-refractivity contribution >= 4 is 17.6 Å². The lowest BCUT2D eigenvalue weighted by atomic mass is 9.85. The molecule has 116 valence electrons. The molecule has 0 amide bonds. The predicted molar refractivity (Wildman–Crippen MR) is 82.6 cm³/mol. The van der Waals surface area contributed by atoms with Gasteiger partial charge in [-0.1, -0.05) is 19.3 Å². The molecule has 0 aliphatic heterocycles. The molecule has 0 aromatic rings. The maximum Gasteiger partial charge on any atom is 0.308 e. The summed E-state index contributed by atoms with van der Waals surface area (Å²) in [4.78, 5) is 11.5. The van der Waals surface area contributed by atoms with Gasteiger partial charge in [0.25, 0.3) is 0 Å². The summed E-state index contributed by atoms with van der Waals surface area (Å²) in [5, 5.41) is 10.1. The molecular weight excluding hydrogens is 276 g/mol. The Labute approximate surface area is 128 Å². The first kappa shape index (κ1) is 19.3. The molecule has 0 saturated carbocycles. The highest BCUT2D eigenvalue weighted by atomic mass is 35.5. The van der Waals surface area contributed by atoms with Crippen LogP contribution in [0.25, 0.3) is 0 Å². The van der Waals surface area contributed by atoms with E-state index < -0.39 is 11.5 Å². The Bertz CT molecular complexity index is 328. The third kappa shape index (κ3) is 9.23. The number of halogens is 1. The molecule has 0 bridgehead atoms. The largest absolute Gasteiger partial charge is 0.466 e. The van der Waals surface area contributed by atoms with Crippen LogP contribution >= 0.6 is 11.6 Å². The van der Waals surface area contributed by atoms with Crippen molar-refractivity contribution in [3.8, 4) is 11.8 Å². The van der Waals surface area contributed by atoms with Gasteiger partial charge in [0.1, 0.15) is 0 Å². The predicted octanol–water partition coefficient (Wildman–Crippen LogP) is 3.52. The van der Waals surface area contributed by atoms with Gasteiger partial charge in [-0.3, -0.25) is 4.79 Å². The second-order valence-corrected chi connectivity index (χ2v) is 5.84. The summed E-state index contributed by atoms with van der Waals surface area (Å²) in [7, 11) is 0. The third-order valence-electron chi connectivity index (χ3n) is 3.05. The van der Waals surface area contributed by atoms with Crippen LogP contribution in [0.15, 0.2) is 0 Å². The first-order valence-electron chi connectivity index (χ1n) is 7.33. The van der Waals surface area contributed by atoms with Crippen LogP contribution in [0.2, 0.25) is 0 Å². The van der Waals surface area contributed by atoms with E-state index in [9.17, 15) is 9.90 Å². The van der Waals surface area contributed by atoms with E-state index in [-0.39, 0.29) is 12.4 Å². The Morgan fingerprint density at radius 1 is 1.35 bits per heavy atom. The van der Waals surface area contributed by atoms with Crippen LogP contribution in [0.4, 0.5) is 0 Å². The van der Waals surface area contributed by atoms with Crippen molar-refractivity contribution in [2.24, 2.45) is 5.41 Å². The second-order valence-electron chi connectivity index (χ2n) is 5.46. The fraction of sp³-hybridized carbons (Fsp3) is 0.812. The number of carbonyl (C=O) groups excluding carboxylic acids is 1. The van der Waals surface area contributed by atoms with E-state index in [1.807, 2.05) is 20.8 Å². The van der Waals surface area contributed by atoms with Gasteiger partial charge in [-0.15, -0.1) is 17.5 Å². The number of unbranched alkanes of at least 4 members (excludes halogenated alkanes) is 3. The first-order valence-corrected chi connectivity index (χ1v) is 7.87. The molecule has 3 nitrogen and oxygen atoms in total. The Hall–Kier alpha value is -0.720. The molecule has 0 unspecified atom stereocenters. The Balaban J connectivity index is 4.14. The van der Waals surface area contributed by atoms with Crippen LogP contribution in [0, 0.1) is 17.3 Å². The van der Waals surface area contributed by atoms with Gasteiger partial charge in [0, 0.05) is 12.3 Å². The summed E-state index contributed by atoms with van der Waals surface area (Å²) in [5.74, 6) is 6.38. The van der Waals surface area contributed by atoms with Gasteiger partial charge in [-0.2, -0.15) is 0 Å². The lowest BCUT2D eigenvalue weighted by molar-refractivity contribution is -0.147. The van der Waals surface area contributed by atoms with Crippen molar-refractivity contribution in [3.05, 3.63) is 0 Å². The molecule has 0 heterocycles. The van der Waals surface area contributed by atoms with E-state index in [0.717, 1.165) is 32.1 Å². The molecule has 20 heavy (non-hydrogen) atoms. The summed E-state index contributed by atoms with van der Waals surface area (Å²) in [6.07, 6.45) is 3.69. The van der Waals surface area contributed by atoms with Crippen molar-refractivity contribution in [1.29, 1.82) is 0 Å². The molecule has 0 radical (unpaired) electrons. The fourth-order valence-electron chi connectivity index (χ4n) is 1.48. The van der Waals surface area contributed by atoms with Gasteiger partial charge in [0.15, 0.2) is 0 Å². The van der Waals surface area contributed by atoms with Gasteiger partial charge in [-0.05, 0) is 33.1 Å². The lowest BCUT2D eigenvalue weighted by Gasteiger charge is -2.24. The van der Waals surface area contributed by atoms with Gasteiger partial charge in [0.05, 0.1) is 24.5 Å². The standard InChI is InChI=1S/C16H27ClO3/c1-4-5-12-20-15(19)13-14(18)16(2,3)10-8-6-7-9-11-17/h14,18H,4-7,9,11-13H2,1-3H3/t14-/m0/s1. The highest BCUT2D eigenvalue weighted by Crippen LogP contribution is 2.22. The van der Waals surface area contributed by atoms with Crippen molar-refractivity contribution in [2.75, 3.05) is 12.5 Å². The number of aliphatic hydroxyl groups excluding tert-OH is 1. The summed E-state index contributed by atoms with van der Waals surface area (Å²) in [6.45, 7) is 6.13. The Kier molecular flexibility index (Phi) is 10.6. The van der Waals surface area contributed by atoms with Crippen molar-refractivity contribution in [1.82, 2.24) is 0 Å². The Morgan fingerprint density at radius 3 is 2.65 bits per heavy atom. The van der Waals surface area contributed by atoms with E-state index in [0.29, 0.717) is 12.5 Å². The lowest BCUT2D eigenvalue weighted by Crippen LogP contribution is -2.31. The third-order valence-corrected chi connectivity index (χ3v) is 3.32. The highest BCUT2D eigenvalue weighted by Gasteiger charge is 2.28. The molecule has 1 N–H and O–H groups in total. The van der Waals surface area contributed by atoms with E-state index in [2.05, 4.69) is 11.8 Å². The zero-order chi connectivity index (χ0) is 15.4. The minimum atomic E-state index is -0.808. The maximum absolute atomic E-state index is 11.5. The monoisotopic (exact) mass is 302 g/mol. The SMILES string of the molecule is CCCCOC(=O)C[C@H](O)C(C)(C)C#CCCCCCl. The molecule has 4 heteroatoms. The van der Waals surface area contributed by atoms with Gasteiger partial charge in [-0.25, -0.2) is 0 Å². The smallest absolute Gasteiger partial charge is 0.308 e. The first-order chi connectivity index (χ1) is 9.44. The van der Waals surface area contributed by atoms with Crippen LogP contribution in [0.3, 0.4) is 0 Å². The summed E-state index contributed by atoms with van der Waals surface area (Å²) < 4.78 is 5.04. The molecular formula is C16H27ClO3. The number of alkyl halides is 1. The molecule has 0 aromatic heterocycles. The fourth-order valence-corrected chi connectivity index (χ4v) is 1.67. The van der Waals surface area contributed by atoms with E-state index >= 15 is 0 Å². The van der Waals surface area contributed by atoms with E-state index in [1.54, 1.807) is 0 Å². The van der Waals surface area contributed by atoms with Crippen LogP contribution < -0.4 is 0 Å². The van der Waals surface area contributed by atoms with Gasteiger partial charge < -0.3 is 9.84 Å². The molecule has 0 rings (SSSR count). The summed E-state index contributed by atoms with van der Waals surface area (Å²) >= 11 is 5.59. The zero-order valence-electron chi connectivity index (χ0n) is 12.9. The topological polar surface area (TPSA) is 46.5 Å². The quantitative estimate of drug-likeness (QED) is 0.307. The van der Waals surface area contributed by atoms with Gasteiger partial charge >= 0.3 is 5.97 Å². The normalized spacial score (nSPS) is 12.4. The maximum atomic E-state index is 11.5. The number of rotatable bonds is 9. The second kappa shape index (κ2) is 11.0. The minimum Gasteiger partial charge on any atom is -0.466 e. The summed E-state index contributed by atoms with van der Waals surface area (Å²) in [5.41, 5.74) is -0.606. The molecule has 0 fully saturated rings. The van der Waals surface area contributed by atoms with Crippen molar-refractivity contribution in [3.63, 3.8) is 0 Å². The number of carbonyl (C=O) groups is 1. The average molecular weight is 303 g/mol. The minimum absolute atomic E-state index is 0.00687. The van der Waals surface area contributed by atoms with Gasteiger partial charge in [0.2, 0.25) is 0 Å². The van der Waals surface area contributed by atoms with Crippen LogP contribution in [0.1, 0.15) is 59.3 Å². The zero-order valence-corrected chi connectivity index (χ0v) is 13.6. The average Bonchev–Trinajstić information content (AvgIpc) is 2.38. The summed E-state index contributed by atoms with van der Waals surface area (Å²) in [6, 6.07) is 0. The van der Waals surface area contributed by atoms with Crippen molar-refractivity contribution in [2.45, 2.75) is 65.4 Å². The van der Waals surface area contributed by atoms with Crippen LogP contribution in [-0.4, -0.2) is 29.7 Å². The number of ether oxygens (including phenoxy) is 1. The Morgan fingerprint density at radius 2 is 2.05 bits per heavy atom. The molecule has 0 saturated heterocycles. The molecule has 0 aromatic carbocycles. The highest BCUT2D eigenvalue weighted by molar-refractivity contribution is 6.17. The number of aliphatic hydroxyl groups is 1. The number of hydrogen-bond acceptors (Lipinski definition) is 3. The molecule has 0 aliphatic carbocycles. The molecule has 1 atom stereocenters. The van der Waals surface area contributed by atoms with Crippen LogP contribution in [0.5, 0.6) is 0 Å². The number of hydrogen-bond donors (Lipinski definition) is 1. The number of esters is 1. The van der Waals surface area contributed by atoms with E-state index in [1.165, 1.54) is 0 Å². The molecule has 0 aliphatic rings.